The summed E-state index contributed by atoms with van der Waals surface area (Å²) < 4.78 is 16.0. The van der Waals surface area contributed by atoms with Crippen LogP contribution in [0.25, 0.3) is 0 Å². The van der Waals surface area contributed by atoms with Crippen LogP contribution in [0, 0.1) is 10.1 Å². The zero-order valence-corrected chi connectivity index (χ0v) is 19.8. The van der Waals surface area contributed by atoms with Crippen molar-refractivity contribution in [3.8, 4) is 11.5 Å². The second kappa shape index (κ2) is 11.3. The molecule has 2 aromatic carbocycles. The van der Waals surface area contributed by atoms with E-state index in [2.05, 4.69) is 4.74 Å². The van der Waals surface area contributed by atoms with Crippen LogP contribution in [0.1, 0.15) is 38.1 Å². The first-order valence-corrected chi connectivity index (χ1v) is 11.2. The normalized spacial score (nSPS) is 10.4. The lowest BCUT2D eigenvalue weighted by atomic mass is 10.1. The van der Waals surface area contributed by atoms with E-state index in [9.17, 15) is 19.7 Å². The van der Waals surface area contributed by atoms with E-state index in [1.54, 1.807) is 30.4 Å². The molecular weight excluding hydrogens is 460 g/mol. The van der Waals surface area contributed by atoms with Gasteiger partial charge in [-0.2, -0.15) is 0 Å². The third-order valence-electron chi connectivity index (χ3n) is 5.02. The number of methoxy groups -OCH3 is 2. The van der Waals surface area contributed by atoms with Crippen LogP contribution in [0.2, 0.25) is 0 Å². The summed E-state index contributed by atoms with van der Waals surface area (Å²) in [5, 5.41) is 13.3. The molecule has 0 atom stereocenters. The minimum Gasteiger partial charge on any atom is -0.493 e. The van der Waals surface area contributed by atoms with Gasteiger partial charge in [-0.15, -0.1) is 11.3 Å². The van der Waals surface area contributed by atoms with E-state index in [0.29, 0.717) is 24.7 Å². The molecule has 178 valence electrons. The molecule has 0 bridgehead atoms. The molecule has 0 saturated heterocycles. The zero-order chi connectivity index (χ0) is 24.7. The van der Waals surface area contributed by atoms with E-state index in [1.807, 2.05) is 23.6 Å². The number of carbonyl (C=O) groups is 2. The summed E-state index contributed by atoms with van der Waals surface area (Å²) in [5.41, 5.74) is 0.384. The molecule has 0 N–H and O–H groups in total. The molecule has 1 aromatic heterocycles. The molecular formula is C24H24N2O7S. The molecule has 9 nitrogen and oxygen atoms in total. The van der Waals surface area contributed by atoms with Crippen molar-refractivity contribution in [2.45, 2.75) is 20.1 Å². The Morgan fingerprint density at radius 1 is 1.06 bits per heavy atom. The van der Waals surface area contributed by atoms with Crippen molar-refractivity contribution in [1.82, 2.24) is 4.90 Å². The maximum Gasteiger partial charge on any atom is 0.338 e. The molecule has 0 spiro atoms. The van der Waals surface area contributed by atoms with Gasteiger partial charge in [0.25, 0.3) is 11.6 Å². The number of nitrogens with zero attached hydrogens (tertiary/aromatic N) is 2. The number of rotatable bonds is 10. The first kappa shape index (κ1) is 24.7. The second-order valence-electron chi connectivity index (χ2n) is 7.19. The van der Waals surface area contributed by atoms with Crippen LogP contribution in [-0.4, -0.2) is 42.5 Å². The highest BCUT2D eigenvalue weighted by atomic mass is 32.1. The number of non-ortho nitro benzene ring substituents is 1. The van der Waals surface area contributed by atoms with Crippen LogP contribution in [0.15, 0.2) is 53.9 Å². The van der Waals surface area contributed by atoms with Gasteiger partial charge in [0, 0.05) is 35.7 Å². The number of hydrogen-bond acceptors (Lipinski definition) is 8. The van der Waals surface area contributed by atoms with Crippen LogP contribution in [0.3, 0.4) is 0 Å². The molecule has 0 aliphatic carbocycles. The van der Waals surface area contributed by atoms with Gasteiger partial charge in [0.05, 0.1) is 24.7 Å². The highest BCUT2D eigenvalue weighted by Crippen LogP contribution is 2.30. The molecule has 0 fully saturated rings. The lowest BCUT2D eigenvalue weighted by Crippen LogP contribution is -2.30. The molecule has 0 saturated carbocycles. The summed E-state index contributed by atoms with van der Waals surface area (Å²) in [4.78, 5) is 38.3. The van der Waals surface area contributed by atoms with Gasteiger partial charge < -0.3 is 19.1 Å². The number of esters is 1. The first-order valence-electron chi connectivity index (χ1n) is 10.4. The number of thiophene rings is 1. The van der Waals surface area contributed by atoms with Crippen LogP contribution in [0.4, 0.5) is 5.69 Å². The Kier molecular flexibility index (Phi) is 8.20. The fourth-order valence-corrected chi connectivity index (χ4v) is 3.90. The van der Waals surface area contributed by atoms with Crippen molar-refractivity contribution in [2.24, 2.45) is 0 Å². The van der Waals surface area contributed by atoms with E-state index in [1.165, 1.54) is 25.2 Å². The maximum atomic E-state index is 13.2. The van der Waals surface area contributed by atoms with Gasteiger partial charge >= 0.3 is 5.97 Å². The van der Waals surface area contributed by atoms with Gasteiger partial charge in [0.15, 0.2) is 11.5 Å². The van der Waals surface area contributed by atoms with Crippen LogP contribution in [0.5, 0.6) is 11.5 Å². The van der Waals surface area contributed by atoms with Gasteiger partial charge in [-0.25, -0.2) is 4.79 Å². The summed E-state index contributed by atoms with van der Waals surface area (Å²) in [6, 6.07) is 12.9. The van der Waals surface area contributed by atoms with Crippen LogP contribution in [-0.2, 0) is 17.9 Å². The van der Waals surface area contributed by atoms with E-state index in [4.69, 9.17) is 9.47 Å². The van der Waals surface area contributed by atoms with E-state index in [-0.39, 0.29) is 23.4 Å². The van der Waals surface area contributed by atoms with Crippen molar-refractivity contribution < 1.29 is 28.7 Å². The Morgan fingerprint density at radius 3 is 2.44 bits per heavy atom. The number of nitro benzene ring substituents is 1. The highest BCUT2D eigenvalue weighted by Gasteiger charge is 2.22. The molecule has 1 heterocycles. The summed E-state index contributed by atoms with van der Waals surface area (Å²) in [7, 11) is 2.71. The maximum absolute atomic E-state index is 13.2. The highest BCUT2D eigenvalue weighted by molar-refractivity contribution is 7.09. The smallest absolute Gasteiger partial charge is 0.338 e. The van der Waals surface area contributed by atoms with Crippen molar-refractivity contribution in [3.05, 3.63) is 85.6 Å². The fourth-order valence-electron chi connectivity index (χ4n) is 3.28. The molecule has 0 radical (unpaired) electrons. The zero-order valence-electron chi connectivity index (χ0n) is 19.0. The lowest BCUT2D eigenvalue weighted by Gasteiger charge is -2.22. The standard InChI is InChI=1S/C24H24N2O7S/c1-4-25(23(27)17-11-18(24(28)32-3)13-19(12-17)26(29)30)14-16-7-8-21(22(10-16)31-2)33-15-20-6-5-9-34-20/h5-13H,4,14-15H2,1-3H3. The average Bonchev–Trinajstić information content (AvgIpc) is 3.38. The van der Waals surface area contributed by atoms with Gasteiger partial charge in [-0.1, -0.05) is 12.1 Å². The van der Waals surface area contributed by atoms with Gasteiger partial charge in [0.1, 0.15) is 6.61 Å². The molecule has 0 aliphatic rings. The SMILES string of the molecule is CCN(Cc1ccc(OCc2cccs2)c(OC)c1)C(=O)c1cc(C(=O)OC)cc([N+](=O)[O-])c1. The summed E-state index contributed by atoms with van der Waals surface area (Å²) in [6.07, 6.45) is 0. The average molecular weight is 485 g/mol. The Labute approximate surface area is 200 Å². The van der Waals surface area contributed by atoms with Gasteiger partial charge in [-0.3, -0.25) is 14.9 Å². The predicted octanol–water partition coefficient (Wildman–Crippen LogP) is 4.69. The molecule has 34 heavy (non-hydrogen) atoms. The molecule has 0 aliphatic heterocycles. The van der Waals surface area contributed by atoms with Gasteiger partial charge in [-0.05, 0) is 42.1 Å². The summed E-state index contributed by atoms with van der Waals surface area (Å²) in [6.45, 7) is 2.79. The lowest BCUT2D eigenvalue weighted by molar-refractivity contribution is -0.384. The van der Waals surface area contributed by atoms with Crippen molar-refractivity contribution >= 4 is 28.9 Å². The first-order chi connectivity index (χ1) is 16.4. The predicted molar refractivity (Wildman–Crippen MR) is 126 cm³/mol. The molecule has 10 heteroatoms. The number of benzene rings is 2. The van der Waals surface area contributed by atoms with Crippen LogP contribution < -0.4 is 9.47 Å². The Hall–Kier alpha value is -3.92. The molecule has 3 aromatic rings. The summed E-state index contributed by atoms with van der Waals surface area (Å²) >= 11 is 1.60. The number of amides is 1. The van der Waals surface area contributed by atoms with Crippen LogP contribution >= 0.6 is 11.3 Å². The van der Waals surface area contributed by atoms with Gasteiger partial charge in [0.2, 0.25) is 0 Å². The van der Waals surface area contributed by atoms with Crippen molar-refractivity contribution in [1.29, 1.82) is 0 Å². The Morgan fingerprint density at radius 2 is 1.82 bits per heavy atom. The monoisotopic (exact) mass is 484 g/mol. The number of carbonyl (C=O) groups excluding carboxylic acids is 2. The van der Waals surface area contributed by atoms with Crippen molar-refractivity contribution in [2.75, 3.05) is 20.8 Å². The van der Waals surface area contributed by atoms with E-state index in [0.717, 1.165) is 22.6 Å². The third-order valence-corrected chi connectivity index (χ3v) is 5.87. The van der Waals surface area contributed by atoms with E-state index < -0.39 is 16.8 Å². The Bertz CT molecular complexity index is 1180. The largest absolute Gasteiger partial charge is 0.493 e. The molecule has 0 unspecified atom stereocenters. The third kappa shape index (κ3) is 5.90. The quantitative estimate of drug-likeness (QED) is 0.233. The fraction of sp³-hybridized carbons (Fsp3) is 0.250. The minimum atomic E-state index is -0.760. The molecule has 3 rings (SSSR count). The second-order valence-corrected chi connectivity index (χ2v) is 8.22. The number of ether oxygens (including phenoxy) is 3. The number of nitro groups is 1. The number of hydrogen-bond donors (Lipinski definition) is 0. The minimum absolute atomic E-state index is 0.0271. The Balaban J connectivity index is 1.81. The topological polar surface area (TPSA) is 108 Å². The van der Waals surface area contributed by atoms with E-state index >= 15 is 0 Å². The molecule has 1 amide bonds. The van der Waals surface area contributed by atoms with Crippen molar-refractivity contribution in [3.63, 3.8) is 0 Å². The summed E-state index contributed by atoms with van der Waals surface area (Å²) in [5.74, 6) is -0.103.